The zero-order valence-electron chi connectivity index (χ0n) is 2.99. The normalized spacial score (nSPS) is 10.8. The average molecular weight is 112 g/mol. The second kappa shape index (κ2) is 4.68. The molecule has 0 rings (SSSR count). The molecule has 1 nitrogen and oxygen atoms in total. The minimum absolute atomic E-state index is 0.130. The maximum Gasteiger partial charge on any atom is 0.110 e. The van der Waals surface area contributed by atoms with Crippen molar-refractivity contribution in [2.45, 2.75) is 6.92 Å². The lowest BCUT2D eigenvalue weighted by molar-refractivity contribution is 0.396. The molecule has 1 atom stereocenters. The van der Waals surface area contributed by atoms with Gasteiger partial charge in [0.2, 0.25) is 0 Å². The van der Waals surface area contributed by atoms with Gasteiger partial charge < -0.3 is 4.52 Å². The maximum absolute atomic E-state index is 5.11. The SMILES string of the molecule is CCOPCl. The Balaban J connectivity index is 2.19. The van der Waals surface area contributed by atoms with E-state index in [0.717, 1.165) is 6.61 Å². The third-order valence-electron chi connectivity index (χ3n) is 0.199. The van der Waals surface area contributed by atoms with E-state index >= 15 is 0 Å². The second-order valence-corrected chi connectivity index (χ2v) is 1.42. The first-order valence-electron chi connectivity index (χ1n) is 1.39. The summed E-state index contributed by atoms with van der Waals surface area (Å²) in [5.74, 6) is 0. The molecule has 0 N–H and O–H groups in total. The molecule has 3 heteroatoms. The highest BCUT2D eigenvalue weighted by molar-refractivity contribution is 7.64. The lowest BCUT2D eigenvalue weighted by Crippen LogP contribution is -1.66. The Hall–Kier alpha value is 0.680. The van der Waals surface area contributed by atoms with Crippen LogP contribution in [0.15, 0.2) is 0 Å². The minimum atomic E-state index is 0.130. The average Bonchev–Trinajstić information content (AvgIpc) is 1.41. The van der Waals surface area contributed by atoms with E-state index in [0.29, 0.717) is 0 Å². The molecule has 1 unspecified atom stereocenters. The van der Waals surface area contributed by atoms with E-state index in [4.69, 9.17) is 11.2 Å². The van der Waals surface area contributed by atoms with Crippen LogP contribution < -0.4 is 0 Å². The van der Waals surface area contributed by atoms with Gasteiger partial charge in [-0.3, -0.25) is 0 Å². The number of halogens is 1. The van der Waals surface area contributed by atoms with Crippen molar-refractivity contribution < 1.29 is 4.52 Å². The van der Waals surface area contributed by atoms with E-state index in [1.54, 1.807) is 0 Å². The first kappa shape index (κ1) is 5.68. The van der Waals surface area contributed by atoms with Crippen molar-refractivity contribution in [3.8, 4) is 0 Å². The van der Waals surface area contributed by atoms with Crippen LogP contribution in [0, 0.1) is 0 Å². The van der Waals surface area contributed by atoms with Crippen LogP contribution in [-0.2, 0) is 4.52 Å². The molecule has 0 heterocycles. The quantitative estimate of drug-likeness (QED) is 0.495. The summed E-state index contributed by atoms with van der Waals surface area (Å²) in [7, 11) is 0.130. The highest BCUT2D eigenvalue weighted by Crippen LogP contribution is 2.15. The van der Waals surface area contributed by atoms with E-state index in [2.05, 4.69) is 4.52 Å². The van der Waals surface area contributed by atoms with Crippen molar-refractivity contribution in [3.63, 3.8) is 0 Å². The Morgan fingerprint density at radius 2 is 2.60 bits per heavy atom. The predicted octanol–water partition coefficient (Wildman–Crippen LogP) is 1.77. The molecule has 0 amide bonds. The molecule has 0 aliphatic heterocycles. The molecule has 0 aromatic heterocycles. The number of hydrogen-bond donors (Lipinski definition) is 0. The van der Waals surface area contributed by atoms with Crippen molar-refractivity contribution in [2.75, 3.05) is 6.61 Å². The van der Waals surface area contributed by atoms with Crippen molar-refractivity contribution in [1.29, 1.82) is 0 Å². The summed E-state index contributed by atoms with van der Waals surface area (Å²) in [6.07, 6.45) is 0. The molecule has 0 saturated carbocycles. The summed E-state index contributed by atoms with van der Waals surface area (Å²) >= 11 is 5.11. The van der Waals surface area contributed by atoms with Crippen molar-refractivity contribution in [2.24, 2.45) is 0 Å². The van der Waals surface area contributed by atoms with Gasteiger partial charge in [0.15, 0.2) is 0 Å². The molecule has 0 aliphatic rings. The molecule has 0 saturated heterocycles. The highest BCUT2D eigenvalue weighted by atomic mass is 35.7. The van der Waals surface area contributed by atoms with Crippen LogP contribution in [0.1, 0.15) is 6.92 Å². The van der Waals surface area contributed by atoms with Gasteiger partial charge in [0.1, 0.15) is 8.16 Å². The number of rotatable bonds is 2. The third-order valence-corrected chi connectivity index (χ3v) is 0.924. The molecule has 0 aliphatic carbocycles. The largest absolute Gasteiger partial charge is 0.346 e. The van der Waals surface area contributed by atoms with Crippen LogP contribution >= 0.6 is 19.4 Å². The molecule has 0 aromatic carbocycles. The van der Waals surface area contributed by atoms with E-state index < -0.39 is 0 Å². The molecule has 0 bridgehead atoms. The number of hydrogen-bond acceptors (Lipinski definition) is 1. The predicted molar refractivity (Wildman–Crippen MR) is 25.8 cm³/mol. The molecule has 32 valence electrons. The summed E-state index contributed by atoms with van der Waals surface area (Å²) in [4.78, 5) is 0. The molecular formula is C2H6ClOP. The zero-order valence-corrected chi connectivity index (χ0v) is 4.75. The Labute approximate surface area is 38.3 Å². The van der Waals surface area contributed by atoms with Gasteiger partial charge in [-0.1, -0.05) is 11.2 Å². The van der Waals surface area contributed by atoms with Crippen LogP contribution in [0.2, 0.25) is 0 Å². The van der Waals surface area contributed by atoms with Crippen molar-refractivity contribution >= 4 is 19.4 Å². The lowest BCUT2D eigenvalue weighted by atomic mass is 10.9. The van der Waals surface area contributed by atoms with Gasteiger partial charge in [0.25, 0.3) is 0 Å². The van der Waals surface area contributed by atoms with Gasteiger partial charge in [-0.15, -0.1) is 0 Å². The molecule has 5 heavy (non-hydrogen) atoms. The van der Waals surface area contributed by atoms with E-state index in [1.165, 1.54) is 0 Å². The van der Waals surface area contributed by atoms with Gasteiger partial charge in [0, 0.05) is 6.61 Å². The van der Waals surface area contributed by atoms with E-state index in [-0.39, 0.29) is 8.16 Å². The van der Waals surface area contributed by atoms with Gasteiger partial charge in [-0.2, -0.15) is 0 Å². The fourth-order valence-electron chi connectivity index (χ4n) is 0.0546. The zero-order chi connectivity index (χ0) is 4.12. The molecule has 0 radical (unpaired) electrons. The molecule has 0 aromatic rings. The summed E-state index contributed by atoms with van der Waals surface area (Å²) < 4.78 is 4.63. The van der Waals surface area contributed by atoms with Gasteiger partial charge in [-0.05, 0) is 6.92 Å². The Morgan fingerprint density at radius 3 is 2.60 bits per heavy atom. The smallest absolute Gasteiger partial charge is 0.110 e. The third kappa shape index (κ3) is 4.68. The van der Waals surface area contributed by atoms with Crippen LogP contribution in [0.25, 0.3) is 0 Å². The second-order valence-electron chi connectivity index (χ2n) is 0.510. The topological polar surface area (TPSA) is 9.23 Å². The summed E-state index contributed by atoms with van der Waals surface area (Å²) in [5.41, 5.74) is 0. The monoisotopic (exact) mass is 112 g/mol. The Kier molecular flexibility index (Phi) is 5.32. The Morgan fingerprint density at radius 1 is 2.00 bits per heavy atom. The van der Waals surface area contributed by atoms with Crippen molar-refractivity contribution in [1.82, 2.24) is 0 Å². The maximum atomic E-state index is 5.11. The summed E-state index contributed by atoms with van der Waals surface area (Å²) in [6.45, 7) is 2.64. The van der Waals surface area contributed by atoms with E-state index in [9.17, 15) is 0 Å². The summed E-state index contributed by atoms with van der Waals surface area (Å²) in [6, 6.07) is 0. The highest BCUT2D eigenvalue weighted by Gasteiger charge is 1.66. The van der Waals surface area contributed by atoms with E-state index in [1.807, 2.05) is 6.92 Å². The van der Waals surface area contributed by atoms with Crippen LogP contribution in [0.4, 0.5) is 0 Å². The fourth-order valence-corrected chi connectivity index (χ4v) is 0.491. The Bertz CT molecular complexity index is 17.1. The lowest BCUT2D eigenvalue weighted by Gasteiger charge is -1.83. The molecule has 0 spiro atoms. The first-order valence-corrected chi connectivity index (χ1v) is 3.31. The van der Waals surface area contributed by atoms with Gasteiger partial charge in [-0.25, -0.2) is 0 Å². The fraction of sp³-hybridized carbons (Fsp3) is 1.00. The molecule has 0 fully saturated rings. The van der Waals surface area contributed by atoms with Crippen molar-refractivity contribution in [3.05, 3.63) is 0 Å². The minimum Gasteiger partial charge on any atom is -0.346 e. The van der Waals surface area contributed by atoms with Crippen LogP contribution in [0.5, 0.6) is 0 Å². The molecular weight excluding hydrogens is 106 g/mol. The van der Waals surface area contributed by atoms with Crippen LogP contribution in [0.3, 0.4) is 0 Å². The first-order chi connectivity index (χ1) is 2.41. The van der Waals surface area contributed by atoms with Gasteiger partial charge >= 0.3 is 0 Å². The standard InChI is InChI=1S/C2H6ClOP/c1-2-4-5-3/h5H,2H2,1H3. The van der Waals surface area contributed by atoms with Crippen LogP contribution in [-0.4, -0.2) is 6.61 Å². The van der Waals surface area contributed by atoms with Gasteiger partial charge in [0.05, 0.1) is 0 Å². The summed E-state index contributed by atoms with van der Waals surface area (Å²) in [5, 5.41) is 0.